The molecule has 1 fully saturated rings. The van der Waals surface area contributed by atoms with Gasteiger partial charge in [0.05, 0.1) is 6.42 Å². The Morgan fingerprint density at radius 2 is 2.55 bits per heavy atom. The highest BCUT2D eigenvalue weighted by molar-refractivity contribution is 5.71. The Bertz CT molecular complexity index is 190. The van der Waals surface area contributed by atoms with Gasteiger partial charge in [-0.3, -0.25) is 4.79 Å². The minimum absolute atomic E-state index is 0.0531. The van der Waals surface area contributed by atoms with Gasteiger partial charge in [-0.05, 0) is 12.8 Å². The zero-order chi connectivity index (χ0) is 8.27. The van der Waals surface area contributed by atoms with Crippen LogP contribution < -0.4 is 0 Å². The van der Waals surface area contributed by atoms with E-state index in [0.717, 1.165) is 12.8 Å². The van der Waals surface area contributed by atoms with Gasteiger partial charge in [0.15, 0.2) is 0 Å². The lowest BCUT2D eigenvalue weighted by Crippen LogP contribution is -2.28. The van der Waals surface area contributed by atoms with E-state index in [9.17, 15) is 4.79 Å². The van der Waals surface area contributed by atoms with Crippen LogP contribution in [0.1, 0.15) is 26.2 Å². The van der Waals surface area contributed by atoms with Crippen LogP contribution in [0.15, 0.2) is 0 Å². The minimum Gasteiger partial charge on any atom is -0.462 e. The summed E-state index contributed by atoms with van der Waals surface area (Å²) < 4.78 is 5.03. The molecule has 0 spiro atoms. The van der Waals surface area contributed by atoms with Crippen molar-refractivity contribution in [1.29, 1.82) is 0 Å². The second-order valence-electron chi connectivity index (χ2n) is 2.82. The summed E-state index contributed by atoms with van der Waals surface area (Å²) in [5.74, 6) is 2.55. The fourth-order valence-electron chi connectivity index (χ4n) is 1.26. The van der Waals surface area contributed by atoms with Gasteiger partial charge in [-0.15, -0.1) is 12.3 Å². The highest BCUT2D eigenvalue weighted by Gasteiger charge is 2.25. The molecule has 2 heteroatoms. The van der Waals surface area contributed by atoms with E-state index in [4.69, 9.17) is 11.2 Å². The van der Waals surface area contributed by atoms with Crippen molar-refractivity contribution < 1.29 is 9.53 Å². The van der Waals surface area contributed by atoms with Crippen LogP contribution >= 0.6 is 0 Å². The highest BCUT2D eigenvalue weighted by atomic mass is 16.5. The standard InChI is InChI=1S/C9H12O2/c1-3-7-5-8(4-2)11-9(10)6-7/h1,7-8H,4-6H2,2H3. The first-order valence-corrected chi connectivity index (χ1v) is 3.91. The lowest BCUT2D eigenvalue weighted by atomic mass is 9.95. The molecule has 2 nitrogen and oxygen atoms in total. The molecule has 0 saturated carbocycles. The normalized spacial score (nSPS) is 30.7. The smallest absolute Gasteiger partial charge is 0.307 e. The largest absolute Gasteiger partial charge is 0.462 e. The summed E-state index contributed by atoms with van der Waals surface area (Å²) in [6.07, 6.45) is 7.37. The molecule has 0 aromatic carbocycles. The third-order valence-electron chi connectivity index (χ3n) is 1.95. The molecule has 1 rings (SSSR count). The van der Waals surface area contributed by atoms with E-state index in [-0.39, 0.29) is 18.0 Å². The second kappa shape index (κ2) is 3.43. The number of cyclic esters (lactones) is 1. The van der Waals surface area contributed by atoms with Crippen molar-refractivity contribution in [3.8, 4) is 12.3 Å². The van der Waals surface area contributed by atoms with Gasteiger partial charge in [0.25, 0.3) is 0 Å². The van der Waals surface area contributed by atoms with Crippen molar-refractivity contribution >= 4 is 5.97 Å². The number of esters is 1. The SMILES string of the molecule is C#CC1CC(=O)OC(CC)C1. The number of carbonyl (C=O) groups excluding carboxylic acids is 1. The fraction of sp³-hybridized carbons (Fsp3) is 0.667. The molecule has 0 bridgehead atoms. The monoisotopic (exact) mass is 152 g/mol. The summed E-state index contributed by atoms with van der Waals surface area (Å²) in [6.45, 7) is 2.00. The summed E-state index contributed by atoms with van der Waals surface area (Å²) in [7, 11) is 0. The molecule has 2 atom stereocenters. The first kappa shape index (κ1) is 8.13. The fourth-order valence-corrected chi connectivity index (χ4v) is 1.26. The Balaban J connectivity index is 2.52. The number of hydrogen-bond acceptors (Lipinski definition) is 2. The van der Waals surface area contributed by atoms with Gasteiger partial charge in [0, 0.05) is 5.92 Å². The molecule has 0 amide bonds. The number of terminal acetylenes is 1. The predicted octanol–water partition coefficient (Wildman–Crippen LogP) is 1.35. The van der Waals surface area contributed by atoms with Crippen LogP contribution in [0.5, 0.6) is 0 Å². The van der Waals surface area contributed by atoms with Crippen LogP contribution in [0.2, 0.25) is 0 Å². The molecule has 0 aromatic heterocycles. The number of rotatable bonds is 1. The Kier molecular flexibility index (Phi) is 2.53. The number of carbonyl (C=O) groups is 1. The van der Waals surface area contributed by atoms with Crippen LogP contribution in [-0.4, -0.2) is 12.1 Å². The third kappa shape index (κ3) is 1.98. The molecule has 2 unspecified atom stereocenters. The zero-order valence-electron chi connectivity index (χ0n) is 6.67. The van der Waals surface area contributed by atoms with Crippen molar-refractivity contribution in [3.05, 3.63) is 0 Å². The van der Waals surface area contributed by atoms with Gasteiger partial charge in [-0.2, -0.15) is 0 Å². The summed E-state index contributed by atoms with van der Waals surface area (Å²) in [6, 6.07) is 0. The topological polar surface area (TPSA) is 26.3 Å². The van der Waals surface area contributed by atoms with Gasteiger partial charge < -0.3 is 4.74 Å². The van der Waals surface area contributed by atoms with Gasteiger partial charge in [0.1, 0.15) is 6.10 Å². The first-order valence-electron chi connectivity index (χ1n) is 3.91. The average molecular weight is 152 g/mol. The molecular weight excluding hydrogens is 140 g/mol. The van der Waals surface area contributed by atoms with Crippen molar-refractivity contribution in [3.63, 3.8) is 0 Å². The van der Waals surface area contributed by atoms with E-state index in [0.29, 0.717) is 6.42 Å². The van der Waals surface area contributed by atoms with Gasteiger partial charge >= 0.3 is 5.97 Å². The Labute approximate surface area is 66.9 Å². The molecular formula is C9H12O2. The molecule has 1 aliphatic heterocycles. The van der Waals surface area contributed by atoms with Crippen LogP contribution in [0.25, 0.3) is 0 Å². The molecule has 1 heterocycles. The van der Waals surface area contributed by atoms with Crippen LogP contribution in [0.4, 0.5) is 0 Å². The molecule has 0 N–H and O–H groups in total. The quantitative estimate of drug-likeness (QED) is 0.419. The molecule has 11 heavy (non-hydrogen) atoms. The maximum absolute atomic E-state index is 10.9. The number of ether oxygens (including phenoxy) is 1. The first-order chi connectivity index (χ1) is 5.26. The lowest BCUT2D eigenvalue weighted by molar-refractivity contribution is -0.155. The van der Waals surface area contributed by atoms with Crippen molar-refractivity contribution in [1.82, 2.24) is 0 Å². The average Bonchev–Trinajstić information content (AvgIpc) is 2.03. The van der Waals surface area contributed by atoms with Crippen LogP contribution in [-0.2, 0) is 9.53 Å². The maximum atomic E-state index is 10.9. The van der Waals surface area contributed by atoms with Gasteiger partial charge in [0.2, 0.25) is 0 Å². The Morgan fingerprint density at radius 3 is 3.09 bits per heavy atom. The zero-order valence-corrected chi connectivity index (χ0v) is 6.67. The molecule has 1 aliphatic rings. The minimum atomic E-state index is -0.147. The molecule has 1 saturated heterocycles. The summed E-state index contributed by atoms with van der Waals surface area (Å²) in [5.41, 5.74) is 0. The Morgan fingerprint density at radius 1 is 1.82 bits per heavy atom. The summed E-state index contributed by atoms with van der Waals surface area (Å²) in [4.78, 5) is 10.9. The van der Waals surface area contributed by atoms with E-state index in [1.807, 2.05) is 6.92 Å². The van der Waals surface area contributed by atoms with Crippen LogP contribution in [0.3, 0.4) is 0 Å². The van der Waals surface area contributed by atoms with E-state index < -0.39 is 0 Å². The molecule has 0 aromatic rings. The summed E-state index contributed by atoms with van der Waals surface area (Å²) >= 11 is 0. The van der Waals surface area contributed by atoms with Gasteiger partial charge in [-0.1, -0.05) is 6.92 Å². The highest BCUT2D eigenvalue weighted by Crippen LogP contribution is 2.21. The third-order valence-corrected chi connectivity index (χ3v) is 1.95. The van der Waals surface area contributed by atoms with E-state index in [1.54, 1.807) is 0 Å². The van der Waals surface area contributed by atoms with E-state index in [1.165, 1.54) is 0 Å². The molecule has 60 valence electrons. The second-order valence-corrected chi connectivity index (χ2v) is 2.82. The van der Waals surface area contributed by atoms with Crippen LogP contribution in [0, 0.1) is 18.3 Å². The predicted molar refractivity (Wildman–Crippen MR) is 41.7 cm³/mol. The van der Waals surface area contributed by atoms with Crippen molar-refractivity contribution in [2.75, 3.05) is 0 Å². The van der Waals surface area contributed by atoms with E-state index in [2.05, 4.69) is 5.92 Å². The Hall–Kier alpha value is -0.970. The molecule has 0 radical (unpaired) electrons. The van der Waals surface area contributed by atoms with E-state index >= 15 is 0 Å². The number of hydrogen-bond donors (Lipinski definition) is 0. The molecule has 0 aliphatic carbocycles. The lowest BCUT2D eigenvalue weighted by Gasteiger charge is -2.24. The van der Waals surface area contributed by atoms with Crippen molar-refractivity contribution in [2.45, 2.75) is 32.3 Å². The maximum Gasteiger partial charge on any atom is 0.307 e. The van der Waals surface area contributed by atoms with Gasteiger partial charge in [-0.25, -0.2) is 0 Å². The summed E-state index contributed by atoms with van der Waals surface area (Å²) in [5, 5.41) is 0. The van der Waals surface area contributed by atoms with Crippen molar-refractivity contribution in [2.24, 2.45) is 5.92 Å².